The number of piperidine rings is 1. The van der Waals surface area contributed by atoms with E-state index in [4.69, 9.17) is 0 Å². The molecule has 2 aliphatic rings. The van der Waals surface area contributed by atoms with Gasteiger partial charge in [-0.3, -0.25) is 4.79 Å². The standard InChI is InChI=1S/C19H27NO/c1-19(2,3)15-6-4-14(5-7-15)18(21)12-13-10-16-8-9-17(11-13)20-16/h4-7,13,16-17,20H,8-12H2,1-3H3. The summed E-state index contributed by atoms with van der Waals surface area (Å²) in [5, 5.41) is 3.65. The molecule has 114 valence electrons. The summed E-state index contributed by atoms with van der Waals surface area (Å²) in [5.41, 5.74) is 2.32. The van der Waals surface area contributed by atoms with Gasteiger partial charge < -0.3 is 5.32 Å². The van der Waals surface area contributed by atoms with E-state index in [2.05, 4.69) is 38.2 Å². The number of ketones is 1. The lowest BCUT2D eigenvalue weighted by Crippen LogP contribution is -2.38. The zero-order chi connectivity index (χ0) is 15.0. The first-order valence-corrected chi connectivity index (χ1v) is 8.31. The molecule has 2 heterocycles. The van der Waals surface area contributed by atoms with Crippen molar-refractivity contribution in [3.05, 3.63) is 35.4 Å². The minimum absolute atomic E-state index is 0.149. The maximum Gasteiger partial charge on any atom is 0.163 e. The third-order valence-electron chi connectivity index (χ3n) is 5.12. The van der Waals surface area contributed by atoms with Crippen LogP contribution in [0.4, 0.5) is 0 Å². The largest absolute Gasteiger partial charge is 0.311 e. The van der Waals surface area contributed by atoms with Crippen molar-refractivity contribution in [3.8, 4) is 0 Å². The molecule has 1 aromatic rings. The summed E-state index contributed by atoms with van der Waals surface area (Å²) >= 11 is 0. The second-order valence-corrected chi connectivity index (χ2v) is 7.93. The Morgan fingerprint density at radius 3 is 2.19 bits per heavy atom. The Hall–Kier alpha value is -1.15. The smallest absolute Gasteiger partial charge is 0.163 e. The van der Waals surface area contributed by atoms with Gasteiger partial charge in [-0.05, 0) is 42.6 Å². The van der Waals surface area contributed by atoms with Crippen LogP contribution in [0.5, 0.6) is 0 Å². The minimum Gasteiger partial charge on any atom is -0.311 e. The lowest BCUT2D eigenvalue weighted by molar-refractivity contribution is 0.0945. The van der Waals surface area contributed by atoms with Gasteiger partial charge in [-0.1, -0.05) is 45.0 Å². The molecule has 21 heavy (non-hydrogen) atoms. The summed E-state index contributed by atoms with van der Waals surface area (Å²) in [6.45, 7) is 6.61. The van der Waals surface area contributed by atoms with Gasteiger partial charge in [0.25, 0.3) is 0 Å². The Balaban J connectivity index is 1.63. The number of hydrogen-bond donors (Lipinski definition) is 1. The van der Waals surface area contributed by atoms with Crippen molar-refractivity contribution in [2.75, 3.05) is 0 Å². The third kappa shape index (κ3) is 3.37. The number of carbonyl (C=O) groups excluding carboxylic acids is 1. The molecule has 2 bridgehead atoms. The predicted molar refractivity (Wildman–Crippen MR) is 86.8 cm³/mol. The molecular formula is C19H27NO. The van der Waals surface area contributed by atoms with Gasteiger partial charge in [0.2, 0.25) is 0 Å². The fourth-order valence-corrected chi connectivity index (χ4v) is 3.88. The Bertz CT molecular complexity index is 499. The molecule has 2 saturated heterocycles. The van der Waals surface area contributed by atoms with Gasteiger partial charge in [0.05, 0.1) is 0 Å². The molecule has 0 amide bonds. The van der Waals surface area contributed by atoms with Crippen LogP contribution in [0.2, 0.25) is 0 Å². The van der Waals surface area contributed by atoms with Crippen molar-refractivity contribution in [2.24, 2.45) is 5.92 Å². The highest BCUT2D eigenvalue weighted by Gasteiger charge is 2.34. The SMILES string of the molecule is CC(C)(C)c1ccc(C(=O)CC2CC3CCC(C2)N3)cc1. The van der Waals surface area contributed by atoms with E-state index in [0.717, 1.165) is 12.0 Å². The van der Waals surface area contributed by atoms with Crippen molar-refractivity contribution in [1.82, 2.24) is 5.32 Å². The number of fused-ring (bicyclic) bond motifs is 2. The van der Waals surface area contributed by atoms with Crippen LogP contribution >= 0.6 is 0 Å². The molecule has 2 fully saturated rings. The van der Waals surface area contributed by atoms with Crippen molar-refractivity contribution in [1.29, 1.82) is 0 Å². The highest BCUT2D eigenvalue weighted by Crippen LogP contribution is 2.33. The van der Waals surface area contributed by atoms with Crippen LogP contribution in [0.25, 0.3) is 0 Å². The summed E-state index contributed by atoms with van der Waals surface area (Å²) in [5.74, 6) is 0.903. The normalized spacial score (nSPS) is 28.6. The maximum absolute atomic E-state index is 12.5. The maximum atomic E-state index is 12.5. The van der Waals surface area contributed by atoms with Gasteiger partial charge in [0, 0.05) is 24.1 Å². The van der Waals surface area contributed by atoms with E-state index < -0.39 is 0 Å². The number of carbonyl (C=O) groups is 1. The van der Waals surface area contributed by atoms with Gasteiger partial charge in [-0.15, -0.1) is 0 Å². The highest BCUT2D eigenvalue weighted by atomic mass is 16.1. The summed E-state index contributed by atoms with van der Waals surface area (Å²) in [6, 6.07) is 9.59. The number of Topliss-reactive ketones (excluding diaryl/α,β-unsaturated/α-hetero) is 1. The zero-order valence-electron chi connectivity index (χ0n) is 13.5. The van der Waals surface area contributed by atoms with Gasteiger partial charge in [0.15, 0.2) is 5.78 Å². The molecule has 2 unspecified atom stereocenters. The molecule has 2 atom stereocenters. The van der Waals surface area contributed by atoms with E-state index in [0.29, 0.717) is 23.8 Å². The topological polar surface area (TPSA) is 29.1 Å². The summed E-state index contributed by atoms with van der Waals surface area (Å²) in [6.07, 6.45) is 5.69. The van der Waals surface area contributed by atoms with Crippen LogP contribution < -0.4 is 5.32 Å². The van der Waals surface area contributed by atoms with Crippen molar-refractivity contribution in [2.45, 2.75) is 70.4 Å². The Labute approximate surface area is 128 Å². The third-order valence-corrected chi connectivity index (χ3v) is 5.12. The van der Waals surface area contributed by atoms with E-state index in [9.17, 15) is 4.79 Å². The van der Waals surface area contributed by atoms with Crippen LogP contribution in [0.1, 0.15) is 68.8 Å². The molecule has 2 nitrogen and oxygen atoms in total. The molecule has 0 aromatic heterocycles. The van der Waals surface area contributed by atoms with Crippen LogP contribution in [-0.2, 0) is 5.41 Å². The van der Waals surface area contributed by atoms with E-state index in [1.807, 2.05) is 12.1 Å². The fourth-order valence-electron chi connectivity index (χ4n) is 3.88. The van der Waals surface area contributed by atoms with Gasteiger partial charge in [-0.25, -0.2) is 0 Å². The monoisotopic (exact) mass is 285 g/mol. The highest BCUT2D eigenvalue weighted by molar-refractivity contribution is 5.96. The zero-order valence-corrected chi connectivity index (χ0v) is 13.5. The number of nitrogens with one attached hydrogen (secondary N) is 1. The van der Waals surface area contributed by atoms with Crippen molar-refractivity contribution in [3.63, 3.8) is 0 Å². The van der Waals surface area contributed by atoms with Crippen LogP contribution in [0.15, 0.2) is 24.3 Å². The lowest BCUT2D eigenvalue weighted by atomic mass is 9.84. The molecule has 0 spiro atoms. The molecule has 0 radical (unpaired) electrons. The Morgan fingerprint density at radius 2 is 1.67 bits per heavy atom. The molecule has 2 heteroatoms. The van der Waals surface area contributed by atoms with Crippen LogP contribution in [0, 0.1) is 5.92 Å². The molecular weight excluding hydrogens is 258 g/mol. The average Bonchev–Trinajstić information content (AvgIpc) is 2.77. The molecule has 0 aliphatic carbocycles. The quantitative estimate of drug-likeness (QED) is 0.848. The summed E-state index contributed by atoms with van der Waals surface area (Å²) in [4.78, 5) is 12.5. The first kappa shape index (κ1) is 14.8. The average molecular weight is 285 g/mol. The molecule has 3 rings (SSSR count). The Kier molecular flexibility index (Phi) is 3.92. The van der Waals surface area contributed by atoms with E-state index in [-0.39, 0.29) is 5.41 Å². The second kappa shape index (κ2) is 5.57. The van der Waals surface area contributed by atoms with Crippen LogP contribution in [-0.4, -0.2) is 17.9 Å². The van der Waals surface area contributed by atoms with E-state index >= 15 is 0 Å². The lowest BCUT2D eigenvalue weighted by Gasteiger charge is -2.28. The van der Waals surface area contributed by atoms with E-state index in [1.165, 1.54) is 31.2 Å². The molecule has 1 N–H and O–H groups in total. The van der Waals surface area contributed by atoms with Gasteiger partial charge in [0.1, 0.15) is 0 Å². The van der Waals surface area contributed by atoms with Gasteiger partial charge >= 0.3 is 0 Å². The molecule has 0 saturated carbocycles. The second-order valence-electron chi connectivity index (χ2n) is 7.93. The predicted octanol–water partition coefficient (Wildman–Crippen LogP) is 4.09. The fraction of sp³-hybridized carbons (Fsp3) is 0.632. The Morgan fingerprint density at radius 1 is 1.10 bits per heavy atom. The first-order chi connectivity index (χ1) is 9.91. The summed E-state index contributed by atoms with van der Waals surface area (Å²) < 4.78 is 0. The number of rotatable bonds is 3. The first-order valence-electron chi connectivity index (χ1n) is 8.31. The van der Waals surface area contributed by atoms with Crippen LogP contribution in [0.3, 0.4) is 0 Å². The number of benzene rings is 1. The van der Waals surface area contributed by atoms with Gasteiger partial charge in [-0.2, -0.15) is 0 Å². The van der Waals surface area contributed by atoms with E-state index in [1.54, 1.807) is 0 Å². The summed E-state index contributed by atoms with van der Waals surface area (Å²) in [7, 11) is 0. The number of hydrogen-bond acceptors (Lipinski definition) is 2. The van der Waals surface area contributed by atoms with Crippen molar-refractivity contribution >= 4 is 5.78 Å². The minimum atomic E-state index is 0.149. The van der Waals surface area contributed by atoms with Crippen molar-refractivity contribution < 1.29 is 4.79 Å². The molecule has 1 aromatic carbocycles. The molecule has 2 aliphatic heterocycles.